The molecule has 0 aliphatic carbocycles. The van der Waals surface area contributed by atoms with Crippen molar-refractivity contribution < 1.29 is 4.74 Å². The van der Waals surface area contributed by atoms with Crippen LogP contribution < -0.4 is 5.32 Å². The molecule has 120 valence electrons. The van der Waals surface area contributed by atoms with Gasteiger partial charge < -0.3 is 10.1 Å². The summed E-state index contributed by atoms with van der Waals surface area (Å²) in [6.07, 6.45) is 1.71. The Morgan fingerprint density at radius 2 is 1.52 bits per heavy atom. The van der Waals surface area contributed by atoms with Crippen LogP contribution in [0.4, 0.5) is 0 Å². The molecular formula is C19H33NO. The van der Waals surface area contributed by atoms with Crippen LogP contribution in [0.1, 0.15) is 58.6 Å². The van der Waals surface area contributed by atoms with E-state index >= 15 is 0 Å². The molecule has 0 aromatic heterocycles. The van der Waals surface area contributed by atoms with Gasteiger partial charge in [0.05, 0.1) is 12.2 Å². The lowest BCUT2D eigenvalue weighted by molar-refractivity contribution is 0.0193. The lowest BCUT2D eigenvalue weighted by Crippen LogP contribution is -2.32. The second kappa shape index (κ2) is 9.22. The van der Waals surface area contributed by atoms with Crippen molar-refractivity contribution in [1.29, 1.82) is 0 Å². The second-order valence-electron chi connectivity index (χ2n) is 6.86. The first-order valence-corrected chi connectivity index (χ1v) is 8.33. The van der Waals surface area contributed by atoms with E-state index in [0.717, 1.165) is 19.5 Å². The zero-order valence-corrected chi connectivity index (χ0v) is 14.6. The summed E-state index contributed by atoms with van der Waals surface area (Å²) in [5, 5.41) is 3.52. The fourth-order valence-electron chi connectivity index (χ4n) is 2.56. The molecule has 0 saturated heterocycles. The SMILES string of the molecule is CC(CNCC(C)OC(C)C)Cc1ccc(C(C)C)cc1. The van der Waals surface area contributed by atoms with E-state index in [1.807, 2.05) is 0 Å². The Morgan fingerprint density at radius 1 is 0.905 bits per heavy atom. The van der Waals surface area contributed by atoms with E-state index in [-0.39, 0.29) is 6.10 Å². The molecule has 21 heavy (non-hydrogen) atoms. The van der Waals surface area contributed by atoms with Crippen LogP contribution in [0.3, 0.4) is 0 Å². The Balaban J connectivity index is 2.28. The second-order valence-corrected chi connectivity index (χ2v) is 6.86. The van der Waals surface area contributed by atoms with Gasteiger partial charge in [-0.05, 0) is 56.7 Å². The lowest BCUT2D eigenvalue weighted by atomic mass is 9.97. The lowest BCUT2D eigenvalue weighted by Gasteiger charge is -2.18. The molecule has 0 heterocycles. The summed E-state index contributed by atoms with van der Waals surface area (Å²) in [6.45, 7) is 15.0. The largest absolute Gasteiger partial charge is 0.375 e. The van der Waals surface area contributed by atoms with Crippen LogP contribution in [0, 0.1) is 5.92 Å². The third-order valence-electron chi connectivity index (χ3n) is 3.66. The molecular weight excluding hydrogens is 258 g/mol. The van der Waals surface area contributed by atoms with Crippen molar-refractivity contribution >= 4 is 0 Å². The maximum absolute atomic E-state index is 5.72. The molecule has 0 amide bonds. The summed E-state index contributed by atoms with van der Waals surface area (Å²) in [4.78, 5) is 0. The van der Waals surface area contributed by atoms with Gasteiger partial charge in [0.25, 0.3) is 0 Å². The molecule has 0 bridgehead atoms. The topological polar surface area (TPSA) is 21.3 Å². The molecule has 0 aliphatic rings. The normalized spacial score (nSPS) is 14.7. The third kappa shape index (κ3) is 7.63. The summed E-state index contributed by atoms with van der Waals surface area (Å²) in [6, 6.07) is 9.07. The first kappa shape index (κ1) is 18.2. The van der Waals surface area contributed by atoms with Gasteiger partial charge in [-0.1, -0.05) is 45.0 Å². The van der Waals surface area contributed by atoms with Gasteiger partial charge in [-0.2, -0.15) is 0 Å². The van der Waals surface area contributed by atoms with Crippen LogP contribution in [-0.2, 0) is 11.2 Å². The minimum absolute atomic E-state index is 0.280. The fourth-order valence-corrected chi connectivity index (χ4v) is 2.56. The standard InChI is InChI=1S/C19H33NO/c1-14(2)19-9-7-18(8-10-19)11-16(5)12-20-13-17(6)21-15(3)4/h7-10,14-17,20H,11-13H2,1-6H3. The Kier molecular flexibility index (Phi) is 7.98. The van der Waals surface area contributed by atoms with Crippen molar-refractivity contribution in [2.75, 3.05) is 13.1 Å². The maximum atomic E-state index is 5.72. The summed E-state index contributed by atoms with van der Waals surface area (Å²) in [7, 11) is 0. The Bertz CT molecular complexity index is 383. The van der Waals surface area contributed by atoms with Crippen LogP contribution in [0.2, 0.25) is 0 Å². The molecule has 0 fully saturated rings. The van der Waals surface area contributed by atoms with Crippen LogP contribution in [0.25, 0.3) is 0 Å². The summed E-state index contributed by atoms with van der Waals surface area (Å²) >= 11 is 0. The first-order chi connectivity index (χ1) is 9.88. The molecule has 1 rings (SSSR count). The van der Waals surface area contributed by atoms with E-state index in [1.165, 1.54) is 11.1 Å². The van der Waals surface area contributed by atoms with Gasteiger partial charge in [-0.25, -0.2) is 0 Å². The number of nitrogens with one attached hydrogen (secondary N) is 1. The molecule has 0 saturated carbocycles. The molecule has 2 heteroatoms. The maximum Gasteiger partial charge on any atom is 0.0674 e. The van der Waals surface area contributed by atoms with Crippen LogP contribution in [0.15, 0.2) is 24.3 Å². The first-order valence-electron chi connectivity index (χ1n) is 8.33. The van der Waals surface area contributed by atoms with Crippen molar-refractivity contribution in [3.63, 3.8) is 0 Å². The minimum Gasteiger partial charge on any atom is -0.375 e. The number of rotatable bonds is 9. The third-order valence-corrected chi connectivity index (χ3v) is 3.66. The number of ether oxygens (including phenoxy) is 1. The van der Waals surface area contributed by atoms with Gasteiger partial charge in [0, 0.05) is 6.54 Å². The van der Waals surface area contributed by atoms with Crippen molar-refractivity contribution in [3.8, 4) is 0 Å². The quantitative estimate of drug-likeness (QED) is 0.728. The van der Waals surface area contributed by atoms with Gasteiger partial charge >= 0.3 is 0 Å². The molecule has 2 atom stereocenters. The number of benzene rings is 1. The van der Waals surface area contributed by atoms with Crippen molar-refractivity contribution in [3.05, 3.63) is 35.4 Å². The van der Waals surface area contributed by atoms with E-state index in [1.54, 1.807) is 0 Å². The predicted octanol–water partition coefficient (Wildman–Crippen LogP) is 4.39. The monoisotopic (exact) mass is 291 g/mol. The van der Waals surface area contributed by atoms with Crippen LogP contribution in [0.5, 0.6) is 0 Å². The molecule has 2 nitrogen and oxygen atoms in total. The summed E-state index contributed by atoms with van der Waals surface area (Å²) in [5.74, 6) is 1.25. The minimum atomic E-state index is 0.280. The summed E-state index contributed by atoms with van der Waals surface area (Å²) < 4.78 is 5.72. The summed E-state index contributed by atoms with van der Waals surface area (Å²) in [5.41, 5.74) is 2.85. The van der Waals surface area contributed by atoms with E-state index < -0.39 is 0 Å². The molecule has 1 N–H and O–H groups in total. The smallest absolute Gasteiger partial charge is 0.0674 e. The van der Waals surface area contributed by atoms with E-state index in [4.69, 9.17) is 4.74 Å². The van der Waals surface area contributed by atoms with Crippen molar-refractivity contribution in [2.45, 2.75) is 66.1 Å². The molecule has 1 aromatic rings. The Hall–Kier alpha value is -0.860. The molecule has 2 unspecified atom stereocenters. The highest BCUT2D eigenvalue weighted by atomic mass is 16.5. The van der Waals surface area contributed by atoms with E-state index in [2.05, 4.69) is 71.1 Å². The van der Waals surface area contributed by atoms with Crippen LogP contribution >= 0.6 is 0 Å². The Morgan fingerprint density at radius 3 is 2.05 bits per heavy atom. The van der Waals surface area contributed by atoms with Gasteiger partial charge in [0.2, 0.25) is 0 Å². The highest BCUT2D eigenvalue weighted by Gasteiger charge is 2.07. The van der Waals surface area contributed by atoms with Crippen molar-refractivity contribution in [2.24, 2.45) is 5.92 Å². The fraction of sp³-hybridized carbons (Fsp3) is 0.684. The highest BCUT2D eigenvalue weighted by Crippen LogP contribution is 2.16. The number of hydrogen-bond donors (Lipinski definition) is 1. The van der Waals surface area contributed by atoms with Crippen LogP contribution in [-0.4, -0.2) is 25.3 Å². The predicted molar refractivity (Wildman–Crippen MR) is 92.0 cm³/mol. The van der Waals surface area contributed by atoms with Gasteiger partial charge in [-0.15, -0.1) is 0 Å². The van der Waals surface area contributed by atoms with Crippen molar-refractivity contribution in [1.82, 2.24) is 5.32 Å². The average Bonchev–Trinajstić information content (AvgIpc) is 2.38. The highest BCUT2D eigenvalue weighted by molar-refractivity contribution is 5.24. The van der Waals surface area contributed by atoms with E-state index in [9.17, 15) is 0 Å². The molecule has 0 aliphatic heterocycles. The van der Waals surface area contributed by atoms with Gasteiger partial charge in [0.15, 0.2) is 0 Å². The molecule has 1 aromatic carbocycles. The Labute approximate surface area is 131 Å². The average molecular weight is 291 g/mol. The van der Waals surface area contributed by atoms with E-state index in [0.29, 0.717) is 17.9 Å². The number of hydrogen-bond acceptors (Lipinski definition) is 2. The van der Waals surface area contributed by atoms with Gasteiger partial charge in [-0.3, -0.25) is 0 Å². The zero-order valence-electron chi connectivity index (χ0n) is 14.6. The molecule has 0 radical (unpaired) electrons. The van der Waals surface area contributed by atoms with Gasteiger partial charge in [0.1, 0.15) is 0 Å². The zero-order chi connectivity index (χ0) is 15.8. The molecule has 0 spiro atoms.